The molecule has 0 unspecified atom stereocenters. The highest BCUT2D eigenvalue weighted by atomic mass is 32.1. The van der Waals surface area contributed by atoms with Crippen LogP contribution in [0.2, 0.25) is 0 Å². The fourth-order valence-electron chi connectivity index (χ4n) is 1.46. The summed E-state index contributed by atoms with van der Waals surface area (Å²) in [4.78, 5) is 29.0. The molecule has 0 radical (unpaired) electrons. The maximum Gasteiger partial charge on any atom is 0.329 e. The molecule has 2 aromatic rings. The smallest absolute Gasteiger partial charge is 0.329 e. The number of hydrogen-bond donors (Lipinski definition) is 1. The number of thiophene rings is 1. The first-order valence-electron chi connectivity index (χ1n) is 5.83. The van der Waals surface area contributed by atoms with E-state index in [1.165, 1.54) is 37.1 Å². The molecule has 0 aliphatic carbocycles. The maximum atomic E-state index is 12.3. The molecule has 0 aliphatic heterocycles. The van der Waals surface area contributed by atoms with E-state index in [1.807, 2.05) is 16.8 Å². The van der Waals surface area contributed by atoms with Crippen LogP contribution in [-0.4, -0.2) is 39.5 Å². The van der Waals surface area contributed by atoms with E-state index in [9.17, 15) is 9.59 Å². The summed E-state index contributed by atoms with van der Waals surface area (Å²) in [6, 6.07) is 1.93. The minimum atomic E-state index is -1.27. The lowest BCUT2D eigenvalue weighted by atomic mass is 10.0. The van der Waals surface area contributed by atoms with Crippen LogP contribution in [0.15, 0.2) is 22.2 Å². The Morgan fingerprint density at radius 2 is 2.05 bits per heavy atom. The van der Waals surface area contributed by atoms with Gasteiger partial charge in [-0.1, -0.05) is 0 Å². The van der Waals surface area contributed by atoms with Crippen LogP contribution in [0.4, 0.5) is 0 Å². The van der Waals surface area contributed by atoms with Crippen molar-refractivity contribution in [1.82, 2.24) is 9.88 Å². The van der Waals surface area contributed by atoms with Gasteiger partial charge in [-0.2, -0.15) is 11.3 Å². The average Bonchev–Trinajstić information content (AvgIpc) is 3.06. The lowest BCUT2D eigenvalue weighted by Crippen LogP contribution is -2.50. The molecule has 7 heteroatoms. The topological polar surface area (TPSA) is 70.5 Å². The fourth-order valence-corrected chi connectivity index (χ4v) is 2.97. The third kappa shape index (κ3) is 2.59. The Kier molecular flexibility index (Phi) is 3.92. The number of likely N-dealkylation sites (N-methyl/N-ethyl adjacent to an activating group) is 1. The lowest BCUT2D eigenvalue weighted by molar-refractivity contribution is -0.147. The highest BCUT2D eigenvalue weighted by Gasteiger charge is 2.36. The SMILES string of the molecule is CN(C(=O)c1csc(-c2ccsc2)n1)C(C)(C)C(=O)O. The highest BCUT2D eigenvalue weighted by molar-refractivity contribution is 7.14. The van der Waals surface area contributed by atoms with Gasteiger partial charge in [0.15, 0.2) is 0 Å². The minimum absolute atomic E-state index is 0.271. The molecule has 1 N–H and O–H groups in total. The van der Waals surface area contributed by atoms with Crippen LogP contribution in [0.25, 0.3) is 10.6 Å². The van der Waals surface area contributed by atoms with E-state index in [-0.39, 0.29) is 5.69 Å². The van der Waals surface area contributed by atoms with Gasteiger partial charge >= 0.3 is 5.97 Å². The van der Waals surface area contributed by atoms with Crippen LogP contribution in [0, 0.1) is 0 Å². The Bertz CT molecular complexity index is 632. The normalized spacial score (nSPS) is 11.3. The number of carboxylic acids is 1. The predicted molar refractivity (Wildman–Crippen MR) is 79.2 cm³/mol. The van der Waals surface area contributed by atoms with Gasteiger partial charge in [-0.05, 0) is 25.3 Å². The van der Waals surface area contributed by atoms with E-state index in [2.05, 4.69) is 4.98 Å². The standard InChI is InChI=1S/C13H14N2O3S2/c1-13(2,12(17)18)15(3)11(16)9-7-20-10(14-9)8-4-5-19-6-8/h4-7H,1-3H3,(H,17,18). The van der Waals surface area contributed by atoms with Gasteiger partial charge in [0.1, 0.15) is 16.2 Å². The Hall–Kier alpha value is -1.73. The van der Waals surface area contributed by atoms with Crippen molar-refractivity contribution in [2.45, 2.75) is 19.4 Å². The zero-order valence-electron chi connectivity index (χ0n) is 11.3. The number of amides is 1. The van der Waals surface area contributed by atoms with Gasteiger partial charge in [-0.25, -0.2) is 9.78 Å². The number of aliphatic carboxylic acids is 1. The van der Waals surface area contributed by atoms with Crippen molar-refractivity contribution in [3.63, 3.8) is 0 Å². The fraction of sp³-hybridized carbons (Fsp3) is 0.308. The Balaban J connectivity index is 2.24. The second kappa shape index (κ2) is 5.34. The lowest BCUT2D eigenvalue weighted by Gasteiger charge is -2.30. The van der Waals surface area contributed by atoms with Crippen LogP contribution < -0.4 is 0 Å². The van der Waals surface area contributed by atoms with Gasteiger partial charge in [-0.3, -0.25) is 4.79 Å². The molecular formula is C13H14N2O3S2. The molecule has 0 bridgehead atoms. The first-order valence-corrected chi connectivity index (χ1v) is 7.66. The number of nitrogens with zero attached hydrogens (tertiary/aromatic N) is 2. The second-order valence-electron chi connectivity index (χ2n) is 4.78. The molecule has 0 aliphatic rings. The van der Waals surface area contributed by atoms with E-state index in [1.54, 1.807) is 16.7 Å². The van der Waals surface area contributed by atoms with Gasteiger partial charge in [0, 0.05) is 23.4 Å². The molecule has 0 atom stereocenters. The number of thiazole rings is 1. The van der Waals surface area contributed by atoms with Gasteiger partial charge in [0.25, 0.3) is 5.91 Å². The van der Waals surface area contributed by atoms with Crippen LogP contribution in [0.5, 0.6) is 0 Å². The second-order valence-corrected chi connectivity index (χ2v) is 6.42. The summed E-state index contributed by atoms with van der Waals surface area (Å²) < 4.78 is 0. The quantitative estimate of drug-likeness (QED) is 0.942. The molecule has 2 aromatic heterocycles. The molecule has 0 saturated carbocycles. The zero-order chi connectivity index (χ0) is 14.9. The molecule has 106 valence electrons. The first-order chi connectivity index (χ1) is 9.34. The zero-order valence-corrected chi connectivity index (χ0v) is 12.9. The van der Waals surface area contributed by atoms with Crippen molar-refractivity contribution in [1.29, 1.82) is 0 Å². The van der Waals surface area contributed by atoms with Crippen molar-refractivity contribution < 1.29 is 14.7 Å². The molecule has 2 rings (SSSR count). The molecule has 2 heterocycles. The molecule has 0 saturated heterocycles. The first kappa shape index (κ1) is 14.7. The summed E-state index contributed by atoms with van der Waals surface area (Å²) in [5, 5.41) is 15.5. The van der Waals surface area contributed by atoms with Crippen molar-refractivity contribution >= 4 is 34.6 Å². The summed E-state index contributed by atoms with van der Waals surface area (Å²) >= 11 is 2.93. The van der Waals surface area contributed by atoms with Crippen LogP contribution in [-0.2, 0) is 4.79 Å². The molecule has 5 nitrogen and oxygen atoms in total. The number of carboxylic acid groups (broad SMARTS) is 1. The van der Waals surface area contributed by atoms with E-state index in [4.69, 9.17) is 5.11 Å². The summed E-state index contributed by atoms with van der Waals surface area (Å²) in [6.07, 6.45) is 0. The molecular weight excluding hydrogens is 296 g/mol. The van der Waals surface area contributed by atoms with Gasteiger partial charge in [0.2, 0.25) is 0 Å². The minimum Gasteiger partial charge on any atom is -0.480 e. The van der Waals surface area contributed by atoms with Gasteiger partial charge in [0.05, 0.1) is 0 Å². The summed E-state index contributed by atoms with van der Waals surface area (Å²) in [5.41, 5.74) is -0.0318. The predicted octanol–water partition coefficient (Wildman–Crippen LogP) is 2.81. The Morgan fingerprint density at radius 1 is 1.35 bits per heavy atom. The Labute approximate surface area is 124 Å². The number of hydrogen-bond acceptors (Lipinski definition) is 5. The van der Waals surface area contributed by atoms with Crippen LogP contribution in [0.1, 0.15) is 24.3 Å². The number of rotatable bonds is 4. The summed E-state index contributed by atoms with van der Waals surface area (Å²) in [6.45, 7) is 2.97. The van der Waals surface area contributed by atoms with Crippen molar-refractivity contribution in [3.8, 4) is 10.6 Å². The summed E-state index contributed by atoms with van der Waals surface area (Å²) in [5.74, 6) is -1.45. The summed E-state index contributed by atoms with van der Waals surface area (Å²) in [7, 11) is 1.47. The van der Waals surface area contributed by atoms with Crippen molar-refractivity contribution in [2.24, 2.45) is 0 Å². The van der Waals surface area contributed by atoms with Crippen molar-refractivity contribution in [3.05, 3.63) is 27.9 Å². The molecule has 1 amide bonds. The highest BCUT2D eigenvalue weighted by Crippen LogP contribution is 2.26. The monoisotopic (exact) mass is 310 g/mol. The number of carbonyl (C=O) groups excluding carboxylic acids is 1. The molecule has 0 aromatic carbocycles. The van der Waals surface area contributed by atoms with E-state index in [0.29, 0.717) is 0 Å². The molecule has 0 fully saturated rings. The van der Waals surface area contributed by atoms with E-state index in [0.717, 1.165) is 10.6 Å². The Morgan fingerprint density at radius 3 is 2.60 bits per heavy atom. The van der Waals surface area contributed by atoms with Gasteiger partial charge < -0.3 is 10.0 Å². The third-order valence-corrected chi connectivity index (χ3v) is 4.73. The van der Waals surface area contributed by atoms with Crippen LogP contribution in [0.3, 0.4) is 0 Å². The average molecular weight is 310 g/mol. The number of carbonyl (C=O) groups is 2. The van der Waals surface area contributed by atoms with E-state index < -0.39 is 17.4 Å². The maximum absolute atomic E-state index is 12.3. The van der Waals surface area contributed by atoms with E-state index >= 15 is 0 Å². The van der Waals surface area contributed by atoms with Crippen molar-refractivity contribution in [2.75, 3.05) is 7.05 Å². The van der Waals surface area contributed by atoms with Crippen LogP contribution >= 0.6 is 22.7 Å². The largest absolute Gasteiger partial charge is 0.480 e. The molecule has 0 spiro atoms. The van der Waals surface area contributed by atoms with Gasteiger partial charge in [-0.15, -0.1) is 11.3 Å². The molecule has 20 heavy (non-hydrogen) atoms. The number of aromatic nitrogens is 1. The third-order valence-electron chi connectivity index (χ3n) is 3.16.